The molecular weight excluding hydrogens is 429 g/mol. The van der Waals surface area contributed by atoms with Crippen molar-refractivity contribution < 1.29 is 19.4 Å². The number of hydrogen-bond donors (Lipinski definition) is 2. The number of carbonyl (C=O) groups is 2. The van der Waals surface area contributed by atoms with Crippen LogP contribution in [-0.4, -0.2) is 52.6 Å². The van der Waals surface area contributed by atoms with Crippen molar-refractivity contribution in [3.05, 3.63) is 72.1 Å². The number of H-pyrrole nitrogens is 1. The fourth-order valence-electron chi connectivity index (χ4n) is 3.98. The number of unbranched alkanes of at least 4 members (excludes halogenated alkanes) is 2. The van der Waals surface area contributed by atoms with Gasteiger partial charge in [-0.3, -0.25) is 14.7 Å². The van der Waals surface area contributed by atoms with Gasteiger partial charge in [0, 0.05) is 41.3 Å². The Morgan fingerprint density at radius 2 is 1.85 bits per heavy atom. The van der Waals surface area contributed by atoms with Gasteiger partial charge >= 0.3 is 5.97 Å². The van der Waals surface area contributed by atoms with E-state index in [4.69, 9.17) is 17.7 Å². The summed E-state index contributed by atoms with van der Waals surface area (Å²) in [4.78, 5) is 25.9. The average molecular weight is 457 g/mol. The van der Waals surface area contributed by atoms with Gasteiger partial charge in [-0.2, -0.15) is 5.10 Å². The van der Waals surface area contributed by atoms with Crippen LogP contribution in [0.5, 0.6) is 5.75 Å². The van der Waals surface area contributed by atoms with Gasteiger partial charge in [0.05, 0.1) is 12.8 Å². The van der Waals surface area contributed by atoms with E-state index in [-0.39, 0.29) is 18.4 Å². The van der Waals surface area contributed by atoms with E-state index in [1.54, 1.807) is 11.1 Å². The maximum atomic E-state index is 13.5. The Morgan fingerprint density at radius 3 is 2.53 bits per heavy atom. The number of nitrogens with one attached hydrogen (secondary N) is 1. The van der Waals surface area contributed by atoms with Gasteiger partial charge in [-0.25, -0.2) is 0 Å². The Balaban J connectivity index is 1.44. The third-order valence-corrected chi connectivity index (χ3v) is 5.97. The molecule has 4 rings (SSSR count). The lowest BCUT2D eigenvalue weighted by Crippen LogP contribution is -2.37. The zero-order valence-electron chi connectivity index (χ0n) is 19.0. The summed E-state index contributed by atoms with van der Waals surface area (Å²) in [6, 6.07) is 15.1. The number of carboxylic acid groups (broad SMARTS) is 1. The first-order valence-corrected chi connectivity index (χ1v) is 11.7. The number of benzene rings is 2. The summed E-state index contributed by atoms with van der Waals surface area (Å²) in [5.74, 6) is -0.853. The maximum Gasteiger partial charge on any atom is 0.303 e. The number of rotatable bonds is 12. The number of aromatic amines is 1. The van der Waals surface area contributed by atoms with Gasteiger partial charge in [-0.05, 0) is 55.9 Å². The molecule has 2 radical (unpaired) electrons. The van der Waals surface area contributed by atoms with Crippen LogP contribution in [-0.2, 0) is 4.79 Å². The van der Waals surface area contributed by atoms with E-state index in [1.807, 2.05) is 54.7 Å². The molecule has 174 valence electrons. The molecule has 1 saturated carbocycles. The number of ether oxygens (including phenoxy) is 1. The Morgan fingerprint density at radius 1 is 1.09 bits per heavy atom. The fraction of sp³-hybridized carbons (Fsp3) is 0.346. The number of hydrogen-bond acceptors (Lipinski definition) is 4. The molecular formula is C26H28BN3O4. The van der Waals surface area contributed by atoms with Gasteiger partial charge in [0.1, 0.15) is 13.6 Å². The minimum absolute atomic E-state index is 0.0998. The third kappa shape index (κ3) is 5.87. The molecule has 0 aliphatic heterocycles. The highest BCUT2D eigenvalue weighted by atomic mass is 16.5. The van der Waals surface area contributed by atoms with Crippen LogP contribution in [0.25, 0.3) is 11.1 Å². The number of carboxylic acids is 1. The van der Waals surface area contributed by atoms with E-state index < -0.39 is 11.9 Å². The Hall–Kier alpha value is -3.55. The molecule has 1 aliphatic carbocycles. The normalized spacial score (nSPS) is 13.9. The van der Waals surface area contributed by atoms with Crippen LogP contribution in [0.4, 0.5) is 0 Å². The van der Waals surface area contributed by atoms with E-state index in [2.05, 4.69) is 10.2 Å². The van der Waals surface area contributed by atoms with Gasteiger partial charge in [0.25, 0.3) is 5.91 Å². The van der Waals surface area contributed by atoms with E-state index in [0.717, 1.165) is 42.4 Å². The van der Waals surface area contributed by atoms with Crippen molar-refractivity contribution >= 4 is 19.7 Å². The zero-order valence-corrected chi connectivity index (χ0v) is 19.0. The van der Waals surface area contributed by atoms with Crippen LogP contribution in [0.1, 0.15) is 60.4 Å². The molecule has 1 heterocycles. The maximum absolute atomic E-state index is 13.5. The van der Waals surface area contributed by atoms with E-state index in [9.17, 15) is 9.59 Å². The highest BCUT2D eigenvalue weighted by Crippen LogP contribution is 2.37. The average Bonchev–Trinajstić information content (AvgIpc) is 3.52. The topological polar surface area (TPSA) is 95.5 Å². The van der Waals surface area contributed by atoms with Crippen LogP contribution < -0.4 is 4.74 Å². The highest BCUT2D eigenvalue weighted by Gasteiger charge is 2.37. The lowest BCUT2D eigenvalue weighted by Gasteiger charge is -2.31. The summed E-state index contributed by atoms with van der Waals surface area (Å²) in [6.45, 7) is 0.468. The largest absolute Gasteiger partial charge is 0.493 e. The monoisotopic (exact) mass is 457 g/mol. The summed E-state index contributed by atoms with van der Waals surface area (Å²) in [6.07, 6.45) is 7.75. The second kappa shape index (κ2) is 11.1. The quantitative estimate of drug-likeness (QED) is 0.307. The smallest absolute Gasteiger partial charge is 0.303 e. The number of aromatic nitrogens is 2. The molecule has 1 unspecified atom stereocenters. The van der Waals surface area contributed by atoms with E-state index in [1.165, 1.54) is 0 Å². The highest BCUT2D eigenvalue weighted by molar-refractivity contribution is 6.14. The van der Waals surface area contributed by atoms with Crippen molar-refractivity contribution in [3.63, 3.8) is 0 Å². The summed E-state index contributed by atoms with van der Waals surface area (Å²) < 4.78 is 5.98. The molecule has 2 N–H and O–H groups in total. The predicted octanol–water partition coefficient (Wildman–Crippen LogP) is 4.57. The van der Waals surface area contributed by atoms with Crippen LogP contribution in [0, 0.1) is 0 Å². The first kappa shape index (κ1) is 23.6. The molecule has 8 heteroatoms. The predicted molar refractivity (Wildman–Crippen MR) is 130 cm³/mol. The first-order valence-electron chi connectivity index (χ1n) is 11.7. The van der Waals surface area contributed by atoms with Gasteiger partial charge < -0.3 is 14.7 Å². The molecule has 7 nitrogen and oxygen atoms in total. The van der Waals surface area contributed by atoms with Crippen molar-refractivity contribution in [2.75, 3.05) is 6.61 Å². The lowest BCUT2D eigenvalue weighted by molar-refractivity contribution is -0.137. The molecule has 1 aromatic heterocycles. The molecule has 1 fully saturated rings. The molecule has 1 aliphatic rings. The van der Waals surface area contributed by atoms with Crippen molar-refractivity contribution in [3.8, 4) is 16.9 Å². The summed E-state index contributed by atoms with van der Waals surface area (Å²) >= 11 is 0. The van der Waals surface area contributed by atoms with Crippen molar-refractivity contribution in [1.29, 1.82) is 0 Å². The van der Waals surface area contributed by atoms with E-state index >= 15 is 0 Å². The Kier molecular flexibility index (Phi) is 7.67. The summed E-state index contributed by atoms with van der Waals surface area (Å²) in [5.41, 5.74) is 3.30. The van der Waals surface area contributed by atoms with Gasteiger partial charge in [-0.15, -0.1) is 0 Å². The van der Waals surface area contributed by atoms with Gasteiger partial charge in [0.15, 0.2) is 0 Å². The van der Waals surface area contributed by atoms with Crippen molar-refractivity contribution in [2.24, 2.45) is 0 Å². The minimum Gasteiger partial charge on any atom is -0.493 e. The number of aliphatic carboxylic acids is 1. The van der Waals surface area contributed by atoms with Crippen LogP contribution in [0.2, 0.25) is 0 Å². The third-order valence-electron chi connectivity index (χ3n) is 5.97. The number of nitrogens with zero attached hydrogens (tertiary/aromatic N) is 2. The van der Waals surface area contributed by atoms with Gasteiger partial charge in [-0.1, -0.05) is 30.3 Å². The minimum atomic E-state index is -0.779. The molecule has 3 aromatic rings. The molecule has 0 spiro atoms. The molecule has 1 atom stereocenters. The van der Waals surface area contributed by atoms with Crippen molar-refractivity contribution in [1.82, 2.24) is 15.1 Å². The number of carbonyl (C=O) groups excluding carboxylic acids is 1. The van der Waals surface area contributed by atoms with Crippen LogP contribution >= 0.6 is 0 Å². The van der Waals surface area contributed by atoms with E-state index in [0.29, 0.717) is 24.3 Å². The second-order valence-electron chi connectivity index (χ2n) is 8.54. The SMILES string of the molecule is [B]C(c1ccccc1OCCCCCC(=O)O)N(C(=O)c1ccc(-c2cn[nH]c2)cc1)C1CC1. The first-order chi connectivity index (χ1) is 16.5. The van der Waals surface area contributed by atoms with Crippen LogP contribution in [0.15, 0.2) is 60.9 Å². The Labute approximate surface area is 200 Å². The zero-order chi connectivity index (χ0) is 23.9. The molecule has 2 aromatic carbocycles. The van der Waals surface area contributed by atoms with Crippen molar-refractivity contribution in [2.45, 2.75) is 50.5 Å². The standard InChI is InChI=1S/C26H28BN3O4/c27-25(22-6-3-4-7-23(22)34-15-5-1-2-8-24(31)32)30(21-13-14-21)26(33)19-11-9-18(10-12-19)20-16-28-29-17-20/h3-4,6-7,9-12,16-17,21,25H,1-2,5,8,13-15H2,(H,28,29)(H,31,32). The molecule has 34 heavy (non-hydrogen) atoms. The number of para-hydroxylation sites is 1. The fourth-order valence-corrected chi connectivity index (χ4v) is 3.98. The Bertz CT molecular complexity index is 1100. The second-order valence-corrected chi connectivity index (χ2v) is 8.54. The summed E-state index contributed by atoms with van der Waals surface area (Å²) in [7, 11) is 6.66. The number of amides is 1. The lowest BCUT2D eigenvalue weighted by atomic mass is 9.86. The molecule has 1 amide bonds. The van der Waals surface area contributed by atoms with Crippen LogP contribution in [0.3, 0.4) is 0 Å². The molecule has 0 saturated heterocycles. The molecule has 0 bridgehead atoms. The van der Waals surface area contributed by atoms with Gasteiger partial charge in [0.2, 0.25) is 0 Å². The summed E-state index contributed by atoms with van der Waals surface area (Å²) in [5, 5.41) is 15.5.